The Kier molecular flexibility index (Phi) is 4.66. The molecule has 1 atom stereocenters. The Morgan fingerprint density at radius 1 is 1.40 bits per heavy atom. The Morgan fingerprint density at radius 3 is 2.90 bits per heavy atom. The quantitative estimate of drug-likeness (QED) is 0.709. The van der Waals surface area contributed by atoms with Crippen LogP contribution in [0.2, 0.25) is 0 Å². The third kappa shape index (κ3) is 3.17. The zero-order valence-corrected chi connectivity index (χ0v) is 7.85. The van der Waals surface area contributed by atoms with Crippen LogP contribution in [-0.4, -0.2) is 29.1 Å². The summed E-state index contributed by atoms with van der Waals surface area (Å²) >= 11 is 4.22. The van der Waals surface area contributed by atoms with Crippen LogP contribution in [-0.2, 0) is 0 Å². The van der Waals surface area contributed by atoms with Gasteiger partial charge in [0, 0.05) is 22.5 Å². The molecule has 1 saturated heterocycles. The molecule has 0 spiro atoms. The topological polar surface area (TPSA) is 26.0 Å². The third-order valence-corrected chi connectivity index (χ3v) is 4.53. The Labute approximate surface area is 71.5 Å². The van der Waals surface area contributed by atoms with Crippen LogP contribution in [0.4, 0.5) is 0 Å². The Bertz CT molecular complexity index is 81.7. The summed E-state index contributed by atoms with van der Waals surface area (Å²) in [7, 11) is 0. The van der Waals surface area contributed by atoms with Gasteiger partial charge in [0.2, 0.25) is 0 Å². The SMILES string of the molecule is NCCCC1CSCCS1. The van der Waals surface area contributed by atoms with E-state index in [0.717, 1.165) is 11.8 Å². The molecule has 10 heavy (non-hydrogen) atoms. The maximum Gasteiger partial charge on any atom is 0.0138 e. The van der Waals surface area contributed by atoms with Crippen LogP contribution in [0.1, 0.15) is 12.8 Å². The van der Waals surface area contributed by atoms with Crippen molar-refractivity contribution in [2.45, 2.75) is 18.1 Å². The summed E-state index contributed by atoms with van der Waals surface area (Å²) in [5.41, 5.74) is 5.43. The average molecular weight is 177 g/mol. The molecular formula is C7H15NS2. The van der Waals surface area contributed by atoms with Gasteiger partial charge < -0.3 is 5.73 Å². The monoisotopic (exact) mass is 177 g/mol. The van der Waals surface area contributed by atoms with Crippen LogP contribution in [0.25, 0.3) is 0 Å². The van der Waals surface area contributed by atoms with Crippen molar-refractivity contribution >= 4 is 23.5 Å². The number of rotatable bonds is 3. The van der Waals surface area contributed by atoms with Gasteiger partial charge in [-0.15, -0.1) is 0 Å². The van der Waals surface area contributed by atoms with E-state index in [0.29, 0.717) is 0 Å². The van der Waals surface area contributed by atoms with Gasteiger partial charge in [0.15, 0.2) is 0 Å². The highest BCUT2D eigenvalue weighted by Crippen LogP contribution is 2.26. The highest BCUT2D eigenvalue weighted by Gasteiger charge is 2.12. The normalized spacial score (nSPS) is 26.7. The summed E-state index contributed by atoms with van der Waals surface area (Å²) in [6.07, 6.45) is 2.53. The molecule has 0 aromatic heterocycles. The van der Waals surface area contributed by atoms with Crippen LogP contribution in [0, 0.1) is 0 Å². The van der Waals surface area contributed by atoms with Crippen molar-refractivity contribution in [3.63, 3.8) is 0 Å². The van der Waals surface area contributed by atoms with E-state index in [-0.39, 0.29) is 0 Å². The van der Waals surface area contributed by atoms with Crippen molar-refractivity contribution in [3.8, 4) is 0 Å². The first-order valence-corrected chi connectivity index (χ1v) is 6.03. The fourth-order valence-corrected chi connectivity index (χ4v) is 3.84. The van der Waals surface area contributed by atoms with E-state index in [1.165, 1.54) is 30.1 Å². The molecule has 1 fully saturated rings. The molecule has 1 heterocycles. The largest absolute Gasteiger partial charge is 0.330 e. The molecule has 1 nitrogen and oxygen atoms in total. The second-order valence-electron chi connectivity index (χ2n) is 2.50. The van der Waals surface area contributed by atoms with Gasteiger partial charge in [0.05, 0.1) is 0 Å². The molecule has 60 valence electrons. The van der Waals surface area contributed by atoms with E-state index in [9.17, 15) is 0 Å². The number of hydrogen-bond acceptors (Lipinski definition) is 3. The van der Waals surface area contributed by atoms with Crippen molar-refractivity contribution in [2.24, 2.45) is 5.73 Å². The lowest BCUT2D eigenvalue weighted by Gasteiger charge is -2.20. The molecule has 1 unspecified atom stereocenters. The lowest BCUT2D eigenvalue weighted by atomic mass is 10.2. The third-order valence-electron chi connectivity index (χ3n) is 1.62. The molecule has 1 rings (SSSR count). The predicted octanol–water partition coefficient (Wildman–Crippen LogP) is 1.57. The zero-order valence-electron chi connectivity index (χ0n) is 6.21. The lowest BCUT2D eigenvalue weighted by molar-refractivity contribution is 0.743. The Hall–Kier alpha value is 0.660. The molecule has 1 aliphatic rings. The zero-order chi connectivity index (χ0) is 7.23. The standard InChI is InChI=1S/C7H15NS2/c8-3-1-2-7-6-9-4-5-10-7/h7H,1-6,8H2. The van der Waals surface area contributed by atoms with Crippen molar-refractivity contribution in [3.05, 3.63) is 0 Å². The molecule has 0 radical (unpaired) electrons. The van der Waals surface area contributed by atoms with Gasteiger partial charge in [-0.05, 0) is 19.4 Å². The summed E-state index contributed by atoms with van der Waals surface area (Å²) in [5.74, 6) is 4.05. The first-order valence-electron chi connectivity index (χ1n) is 3.83. The number of thioether (sulfide) groups is 2. The molecule has 0 bridgehead atoms. The van der Waals surface area contributed by atoms with Crippen LogP contribution in [0.15, 0.2) is 0 Å². The van der Waals surface area contributed by atoms with E-state index in [1.54, 1.807) is 0 Å². The smallest absolute Gasteiger partial charge is 0.0138 e. The van der Waals surface area contributed by atoms with Crippen molar-refractivity contribution in [1.29, 1.82) is 0 Å². The number of nitrogens with two attached hydrogens (primary N) is 1. The summed E-state index contributed by atoms with van der Waals surface area (Å²) < 4.78 is 0. The molecule has 2 N–H and O–H groups in total. The van der Waals surface area contributed by atoms with Crippen LogP contribution in [0.3, 0.4) is 0 Å². The van der Waals surface area contributed by atoms with Crippen LogP contribution >= 0.6 is 23.5 Å². The predicted molar refractivity (Wildman–Crippen MR) is 51.9 cm³/mol. The summed E-state index contributed by atoms with van der Waals surface area (Å²) in [6.45, 7) is 0.863. The van der Waals surface area contributed by atoms with Crippen LogP contribution in [0.5, 0.6) is 0 Å². The van der Waals surface area contributed by atoms with Gasteiger partial charge in [-0.25, -0.2) is 0 Å². The highest BCUT2D eigenvalue weighted by atomic mass is 32.2. The molecular weight excluding hydrogens is 162 g/mol. The van der Waals surface area contributed by atoms with Crippen LogP contribution < -0.4 is 5.73 Å². The Balaban J connectivity index is 2.02. The van der Waals surface area contributed by atoms with Gasteiger partial charge >= 0.3 is 0 Å². The maximum atomic E-state index is 5.43. The van der Waals surface area contributed by atoms with Gasteiger partial charge in [0.1, 0.15) is 0 Å². The van der Waals surface area contributed by atoms with Gasteiger partial charge in [-0.2, -0.15) is 23.5 Å². The Morgan fingerprint density at radius 2 is 2.30 bits per heavy atom. The van der Waals surface area contributed by atoms with E-state index in [1.807, 2.05) is 0 Å². The minimum Gasteiger partial charge on any atom is -0.330 e. The van der Waals surface area contributed by atoms with Gasteiger partial charge in [0.25, 0.3) is 0 Å². The number of hydrogen-bond donors (Lipinski definition) is 1. The summed E-state index contributed by atoms with van der Waals surface area (Å²) in [5, 5.41) is 0.905. The average Bonchev–Trinajstić information content (AvgIpc) is 2.03. The van der Waals surface area contributed by atoms with E-state index < -0.39 is 0 Å². The minimum absolute atomic E-state index is 0.863. The second kappa shape index (κ2) is 5.33. The summed E-state index contributed by atoms with van der Waals surface area (Å²) in [4.78, 5) is 0. The maximum absolute atomic E-state index is 5.43. The van der Waals surface area contributed by atoms with Crippen molar-refractivity contribution in [1.82, 2.24) is 0 Å². The summed E-state index contributed by atoms with van der Waals surface area (Å²) in [6, 6.07) is 0. The minimum atomic E-state index is 0.863. The first-order chi connectivity index (χ1) is 4.93. The lowest BCUT2D eigenvalue weighted by Crippen LogP contribution is -2.15. The van der Waals surface area contributed by atoms with E-state index in [2.05, 4.69) is 23.5 Å². The molecule has 0 aliphatic carbocycles. The second-order valence-corrected chi connectivity index (χ2v) is 5.06. The molecule has 0 aromatic rings. The first kappa shape index (κ1) is 8.75. The molecule has 3 heteroatoms. The van der Waals surface area contributed by atoms with E-state index >= 15 is 0 Å². The van der Waals surface area contributed by atoms with E-state index in [4.69, 9.17) is 5.73 Å². The van der Waals surface area contributed by atoms with Gasteiger partial charge in [-0.3, -0.25) is 0 Å². The van der Waals surface area contributed by atoms with Crippen molar-refractivity contribution < 1.29 is 0 Å². The fourth-order valence-electron chi connectivity index (χ4n) is 1.05. The fraction of sp³-hybridized carbons (Fsp3) is 1.00. The molecule has 0 saturated carbocycles. The van der Waals surface area contributed by atoms with Gasteiger partial charge in [-0.1, -0.05) is 0 Å². The molecule has 0 amide bonds. The molecule has 0 aromatic carbocycles. The highest BCUT2D eigenvalue weighted by molar-refractivity contribution is 8.06. The van der Waals surface area contributed by atoms with Crippen molar-refractivity contribution in [2.75, 3.05) is 23.8 Å². The molecule has 1 aliphatic heterocycles.